The standard InChI is InChI=1S/C19H15FN8O5S3/c20-6-33-25-11(14-24-19(21)36-26-14)15(29)23-12-16(30)28-13(18(31)32)8(4-35-17(12)28)1-2-9-5-34-10-3-22-7-27(9)10/h1-3,5,7,12,17H,4,6H2,(H,23,29)(H,31,32)(H2,21,24,26)/b2-1+,25-11-/t12-,17-/m1/s1. The highest BCUT2D eigenvalue weighted by Gasteiger charge is 2.54. The van der Waals surface area contributed by atoms with E-state index in [1.165, 1.54) is 23.1 Å². The van der Waals surface area contributed by atoms with Gasteiger partial charge in [-0.2, -0.15) is 9.36 Å². The first-order valence-corrected chi connectivity index (χ1v) is 12.7. The smallest absolute Gasteiger partial charge is 0.352 e. The quantitative estimate of drug-likeness (QED) is 0.208. The predicted molar refractivity (Wildman–Crippen MR) is 130 cm³/mol. The summed E-state index contributed by atoms with van der Waals surface area (Å²) in [6.07, 6.45) is 6.79. The lowest BCUT2D eigenvalue weighted by Crippen LogP contribution is -2.71. The fourth-order valence-electron chi connectivity index (χ4n) is 3.63. The number of carbonyl (C=O) groups excluding carboxylic acids is 2. The monoisotopic (exact) mass is 550 g/mol. The number of aromatic nitrogens is 4. The lowest BCUT2D eigenvalue weighted by atomic mass is 10.0. The van der Waals surface area contributed by atoms with Gasteiger partial charge in [0.15, 0.2) is 5.13 Å². The van der Waals surface area contributed by atoms with Crippen LogP contribution in [0.1, 0.15) is 11.5 Å². The summed E-state index contributed by atoms with van der Waals surface area (Å²) in [6, 6.07) is -1.05. The van der Waals surface area contributed by atoms with E-state index in [-0.39, 0.29) is 22.4 Å². The molecule has 0 bridgehead atoms. The molecule has 36 heavy (non-hydrogen) atoms. The number of alkyl halides is 1. The van der Waals surface area contributed by atoms with Crippen LogP contribution in [-0.4, -0.2) is 76.3 Å². The third kappa shape index (κ3) is 4.20. The largest absolute Gasteiger partial charge is 0.477 e. The average Bonchev–Trinajstić information content (AvgIpc) is 3.59. The van der Waals surface area contributed by atoms with Crippen LogP contribution in [0.5, 0.6) is 0 Å². The Labute approximate surface area is 213 Å². The second kappa shape index (κ2) is 9.67. The van der Waals surface area contributed by atoms with Gasteiger partial charge in [0, 0.05) is 22.7 Å². The van der Waals surface area contributed by atoms with Crippen LogP contribution >= 0.6 is 34.6 Å². The van der Waals surface area contributed by atoms with E-state index in [9.17, 15) is 23.9 Å². The maximum Gasteiger partial charge on any atom is 0.352 e. The van der Waals surface area contributed by atoms with Gasteiger partial charge in [-0.3, -0.25) is 18.9 Å². The molecule has 1 fully saturated rings. The average molecular weight is 551 g/mol. The molecule has 3 aromatic heterocycles. The molecule has 0 saturated carbocycles. The summed E-state index contributed by atoms with van der Waals surface area (Å²) in [6.45, 7) is -1.30. The van der Waals surface area contributed by atoms with Crippen LogP contribution in [0, 0.1) is 0 Å². The molecule has 17 heteroatoms. The number of carboxylic acids is 1. The number of nitrogen functional groups attached to an aromatic ring is 1. The van der Waals surface area contributed by atoms with E-state index >= 15 is 0 Å². The Morgan fingerprint density at radius 1 is 1.42 bits per heavy atom. The summed E-state index contributed by atoms with van der Waals surface area (Å²) < 4.78 is 18.2. The van der Waals surface area contributed by atoms with E-state index in [4.69, 9.17) is 5.73 Å². The van der Waals surface area contributed by atoms with Gasteiger partial charge in [0.1, 0.15) is 28.3 Å². The Morgan fingerprint density at radius 3 is 2.97 bits per heavy atom. The number of halogens is 1. The number of imidazole rings is 1. The van der Waals surface area contributed by atoms with Crippen molar-refractivity contribution in [3.63, 3.8) is 0 Å². The molecule has 0 unspecified atom stereocenters. The normalized spacial score (nSPS) is 20.1. The number of aliphatic carboxylic acids is 1. The minimum Gasteiger partial charge on any atom is -0.477 e. The van der Waals surface area contributed by atoms with Crippen LogP contribution in [0.2, 0.25) is 0 Å². The van der Waals surface area contributed by atoms with E-state index in [1.807, 2.05) is 9.78 Å². The van der Waals surface area contributed by atoms with Crippen molar-refractivity contribution in [3.8, 4) is 0 Å². The number of nitrogens with one attached hydrogen (secondary N) is 1. The van der Waals surface area contributed by atoms with Crippen LogP contribution in [0.4, 0.5) is 9.52 Å². The highest BCUT2D eigenvalue weighted by molar-refractivity contribution is 8.00. The van der Waals surface area contributed by atoms with Gasteiger partial charge in [-0.1, -0.05) is 11.2 Å². The number of β-lactam (4-membered cyclic amide) rings is 1. The van der Waals surface area contributed by atoms with Crippen LogP contribution in [0.25, 0.3) is 10.9 Å². The highest BCUT2D eigenvalue weighted by atomic mass is 32.2. The van der Waals surface area contributed by atoms with Gasteiger partial charge in [-0.15, -0.1) is 23.1 Å². The minimum absolute atomic E-state index is 0.0486. The Hall–Kier alpha value is -3.83. The topological polar surface area (TPSA) is 177 Å². The number of hydrogen-bond acceptors (Lipinski definition) is 12. The van der Waals surface area contributed by atoms with Crippen molar-refractivity contribution in [2.75, 3.05) is 18.3 Å². The van der Waals surface area contributed by atoms with Gasteiger partial charge < -0.3 is 21.0 Å². The summed E-state index contributed by atoms with van der Waals surface area (Å²) in [5.74, 6) is -2.69. The lowest BCUT2D eigenvalue weighted by Gasteiger charge is -2.49. The number of oxime groups is 1. The van der Waals surface area contributed by atoms with Crippen molar-refractivity contribution in [1.29, 1.82) is 0 Å². The van der Waals surface area contributed by atoms with Crippen LogP contribution in [-0.2, 0) is 19.2 Å². The SMILES string of the molecule is Nc1nc(/C(=N/OCF)C(=O)N[C@@H]2C(=O)N3C(C(=O)O)=C(/C=C/c4csc5cncn45)CS[C@H]23)ns1. The number of carbonyl (C=O) groups is 3. The second-order valence-electron chi connectivity index (χ2n) is 7.27. The zero-order chi connectivity index (χ0) is 25.4. The molecule has 4 N–H and O–H groups in total. The lowest BCUT2D eigenvalue weighted by molar-refractivity contribution is -0.150. The molecule has 186 valence electrons. The molecule has 3 aromatic rings. The molecular weight excluding hydrogens is 535 g/mol. The third-order valence-corrected chi connectivity index (χ3v) is 7.95. The number of amides is 2. The number of carboxylic acid groups (broad SMARTS) is 1. The molecule has 5 heterocycles. The summed E-state index contributed by atoms with van der Waals surface area (Å²) in [5.41, 5.74) is 6.17. The molecule has 0 spiro atoms. The zero-order valence-electron chi connectivity index (χ0n) is 17.9. The first kappa shape index (κ1) is 23.9. The number of allylic oxidation sites excluding steroid dienone is 1. The molecular formula is C19H15FN8O5S3. The maximum absolute atomic E-state index is 12.9. The van der Waals surface area contributed by atoms with Crippen LogP contribution in [0.3, 0.4) is 0 Å². The fraction of sp³-hybridized carbons (Fsp3) is 0.211. The fourth-order valence-corrected chi connectivity index (χ4v) is 6.21. The number of anilines is 1. The summed E-state index contributed by atoms with van der Waals surface area (Å²) in [5, 5.41) is 17.0. The molecule has 5 rings (SSSR count). The molecule has 2 atom stereocenters. The van der Waals surface area contributed by atoms with Gasteiger partial charge in [0.2, 0.25) is 11.5 Å². The highest BCUT2D eigenvalue weighted by Crippen LogP contribution is 2.41. The summed E-state index contributed by atoms with van der Waals surface area (Å²) in [4.78, 5) is 52.1. The van der Waals surface area contributed by atoms with Crippen molar-refractivity contribution < 1.29 is 28.7 Å². The van der Waals surface area contributed by atoms with Gasteiger partial charge >= 0.3 is 5.97 Å². The summed E-state index contributed by atoms with van der Waals surface area (Å²) in [7, 11) is 0. The van der Waals surface area contributed by atoms with Gasteiger partial charge in [-0.25, -0.2) is 14.2 Å². The molecule has 0 aliphatic carbocycles. The molecule has 0 radical (unpaired) electrons. The number of hydrogen-bond donors (Lipinski definition) is 3. The van der Waals surface area contributed by atoms with E-state index < -0.39 is 41.8 Å². The second-order valence-corrected chi connectivity index (χ2v) is 10.0. The van der Waals surface area contributed by atoms with E-state index in [1.54, 1.807) is 24.7 Å². The first-order valence-electron chi connectivity index (χ1n) is 10.0. The van der Waals surface area contributed by atoms with Crippen molar-refractivity contribution in [2.45, 2.75) is 11.4 Å². The maximum atomic E-state index is 12.9. The minimum atomic E-state index is -1.30. The van der Waals surface area contributed by atoms with Crippen LogP contribution < -0.4 is 11.1 Å². The van der Waals surface area contributed by atoms with Gasteiger partial charge in [-0.05, 0) is 11.6 Å². The van der Waals surface area contributed by atoms with Crippen molar-refractivity contribution in [1.82, 2.24) is 29.0 Å². The molecule has 13 nitrogen and oxygen atoms in total. The molecule has 1 saturated heterocycles. The zero-order valence-corrected chi connectivity index (χ0v) is 20.3. The number of rotatable bonds is 8. The summed E-state index contributed by atoms with van der Waals surface area (Å²) >= 11 is 3.58. The van der Waals surface area contributed by atoms with Crippen LogP contribution in [0.15, 0.2) is 40.4 Å². The molecule has 2 aliphatic rings. The van der Waals surface area contributed by atoms with E-state index in [0.29, 0.717) is 5.57 Å². The molecule has 2 aliphatic heterocycles. The van der Waals surface area contributed by atoms with Crippen molar-refractivity contribution in [2.24, 2.45) is 5.16 Å². The Morgan fingerprint density at radius 2 is 2.25 bits per heavy atom. The predicted octanol–water partition coefficient (Wildman–Crippen LogP) is 0.929. The molecule has 2 amide bonds. The van der Waals surface area contributed by atoms with Crippen molar-refractivity contribution >= 4 is 74.2 Å². The van der Waals surface area contributed by atoms with Gasteiger partial charge in [0.25, 0.3) is 18.7 Å². The number of nitrogens with two attached hydrogens (primary N) is 1. The number of thioether (sulfide) groups is 1. The number of thiazole rings is 1. The third-order valence-electron chi connectivity index (χ3n) is 5.20. The number of nitrogens with zero attached hydrogens (tertiary/aromatic N) is 6. The van der Waals surface area contributed by atoms with E-state index in [2.05, 4.69) is 29.7 Å². The number of fused-ring (bicyclic) bond motifs is 2. The van der Waals surface area contributed by atoms with Crippen molar-refractivity contribution in [3.05, 3.63) is 46.8 Å². The Kier molecular flexibility index (Phi) is 6.42. The first-order chi connectivity index (χ1) is 17.4. The van der Waals surface area contributed by atoms with Gasteiger partial charge in [0.05, 0.1) is 11.9 Å². The van der Waals surface area contributed by atoms with E-state index in [0.717, 1.165) is 27.0 Å². The Bertz CT molecular complexity index is 1460. The Balaban J connectivity index is 1.36. The molecule has 0 aromatic carbocycles.